The van der Waals surface area contributed by atoms with Crippen LogP contribution in [0.3, 0.4) is 0 Å². The molecule has 0 bridgehead atoms. The minimum Gasteiger partial charge on any atom is -0.402 e. The average molecular weight is 520 g/mol. The first-order chi connectivity index (χ1) is 17.2. The highest BCUT2D eigenvalue weighted by Crippen LogP contribution is 2.38. The quantitative estimate of drug-likeness (QED) is 0.404. The molecule has 0 spiro atoms. The lowest BCUT2D eigenvalue weighted by molar-refractivity contribution is -0.274. The molecular formula is C24H21ClF3N5O3. The summed E-state index contributed by atoms with van der Waals surface area (Å²) in [6, 6.07) is 11.8. The third-order valence-corrected chi connectivity index (χ3v) is 5.46. The zero-order valence-electron chi connectivity index (χ0n) is 18.8. The number of carbonyl (C=O) groups is 1. The van der Waals surface area contributed by atoms with E-state index in [9.17, 15) is 18.0 Å². The second-order valence-corrected chi connectivity index (χ2v) is 8.02. The number of hydrogen-bond acceptors (Lipinski definition) is 7. The van der Waals surface area contributed by atoms with Gasteiger partial charge in [-0.2, -0.15) is 0 Å². The number of halogens is 4. The number of nitrogens with one attached hydrogen (secondary N) is 2. The molecule has 2 aromatic carbocycles. The van der Waals surface area contributed by atoms with Gasteiger partial charge in [0.15, 0.2) is 5.75 Å². The number of benzene rings is 2. The van der Waals surface area contributed by atoms with Crippen molar-refractivity contribution < 1.29 is 27.4 Å². The van der Waals surface area contributed by atoms with Crippen molar-refractivity contribution >= 4 is 40.5 Å². The number of anilines is 4. The maximum atomic E-state index is 13.1. The van der Waals surface area contributed by atoms with Gasteiger partial charge in [0, 0.05) is 35.7 Å². The molecule has 1 fully saturated rings. The summed E-state index contributed by atoms with van der Waals surface area (Å²) < 4.78 is 48.8. The first kappa shape index (κ1) is 25.3. The van der Waals surface area contributed by atoms with Gasteiger partial charge in [-0.1, -0.05) is 24.2 Å². The lowest BCUT2D eigenvalue weighted by atomic mass is 10.1. The molecule has 0 aliphatic carbocycles. The van der Waals surface area contributed by atoms with Gasteiger partial charge >= 0.3 is 6.36 Å². The van der Waals surface area contributed by atoms with Crippen molar-refractivity contribution in [3.8, 4) is 17.0 Å². The predicted molar refractivity (Wildman–Crippen MR) is 131 cm³/mol. The summed E-state index contributed by atoms with van der Waals surface area (Å²) in [6.45, 7) is 6.10. The van der Waals surface area contributed by atoms with Gasteiger partial charge in [-0.05, 0) is 42.5 Å². The molecule has 4 rings (SSSR count). The fourth-order valence-electron chi connectivity index (χ4n) is 3.53. The van der Waals surface area contributed by atoms with E-state index in [0.29, 0.717) is 18.9 Å². The third kappa shape index (κ3) is 6.43. The number of carbonyl (C=O) groups excluding carboxylic acids is 1. The average Bonchev–Trinajstić information content (AvgIpc) is 2.86. The second kappa shape index (κ2) is 10.8. The van der Waals surface area contributed by atoms with E-state index in [-0.39, 0.29) is 27.9 Å². The van der Waals surface area contributed by atoms with E-state index in [2.05, 4.69) is 36.8 Å². The summed E-state index contributed by atoms with van der Waals surface area (Å²) in [6.07, 6.45) is -3.01. The van der Waals surface area contributed by atoms with Crippen LogP contribution in [-0.2, 0) is 9.53 Å². The van der Waals surface area contributed by atoms with Crippen molar-refractivity contribution in [2.24, 2.45) is 0 Å². The van der Waals surface area contributed by atoms with Gasteiger partial charge in [0.05, 0.1) is 24.4 Å². The van der Waals surface area contributed by atoms with Crippen LogP contribution >= 0.6 is 11.6 Å². The van der Waals surface area contributed by atoms with Crippen molar-refractivity contribution in [3.05, 3.63) is 66.3 Å². The number of nitrogens with zero attached hydrogens (tertiary/aromatic N) is 3. The normalized spacial score (nSPS) is 13.7. The lowest BCUT2D eigenvalue weighted by Crippen LogP contribution is -2.36. The molecule has 0 radical (unpaired) electrons. The highest BCUT2D eigenvalue weighted by atomic mass is 35.5. The Morgan fingerprint density at radius 2 is 1.94 bits per heavy atom. The first-order valence-electron chi connectivity index (χ1n) is 10.8. The third-order valence-electron chi connectivity index (χ3n) is 5.13. The number of amides is 1. The largest absolute Gasteiger partial charge is 0.573 e. The Bertz CT molecular complexity index is 1270. The zero-order chi connectivity index (χ0) is 25.7. The molecule has 36 heavy (non-hydrogen) atoms. The number of hydrogen-bond donors (Lipinski definition) is 2. The van der Waals surface area contributed by atoms with Crippen LogP contribution in [0.15, 0.2) is 61.3 Å². The number of aromatic nitrogens is 2. The Balaban J connectivity index is 1.69. The summed E-state index contributed by atoms with van der Waals surface area (Å²) in [7, 11) is 0. The Morgan fingerprint density at radius 3 is 2.67 bits per heavy atom. The molecule has 1 aromatic heterocycles. The van der Waals surface area contributed by atoms with Crippen LogP contribution in [0.2, 0.25) is 5.02 Å². The standard InChI is InChI=1S/C24H21ClF3N5O3/c1-2-21(34)30-16-6-7-19(25)18(13-16)22-20(36-24(26,27)28)14-29-23(32-22)31-15-4-3-5-17(12-15)33-8-10-35-11-9-33/h2-7,12-14H,1,8-11H2,(H,30,34)(H,29,31,32). The Kier molecular flexibility index (Phi) is 7.61. The van der Waals surface area contributed by atoms with Crippen molar-refractivity contribution in [3.63, 3.8) is 0 Å². The number of ether oxygens (including phenoxy) is 2. The van der Waals surface area contributed by atoms with Gasteiger partial charge < -0.3 is 25.0 Å². The van der Waals surface area contributed by atoms with Crippen molar-refractivity contribution in [1.82, 2.24) is 9.97 Å². The monoisotopic (exact) mass is 519 g/mol. The molecule has 8 nitrogen and oxygen atoms in total. The van der Waals surface area contributed by atoms with E-state index in [1.54, 1.807) is 6.07 Å². The van der Waals surface area contributed by atoms with E-state index in [1.165, 1.54) is 18.2 Å². The summed E-state index contributed by atoms with van der Waals surface area (Å²) in [4.78, 5) is 22.1. The minimum atomic E-state index is -4.99. The molecule has 1 aliphatic rings. The van der Waals surface area contributed by atoms with Crippen molar-refractivity contribution in [1.29, 1.82) is 0 Å². The molecule has 0 saturated carbocycles. The smallest absolute Gasteiger partial charge is 0.402 e. The summed E-state index contributed by atoms with van der Waals surface area (Å²) >= 11 is 6.30. The molecule has 1 aliphatic heterocycles. The molecular weight excluding hydrogens is 499 g/mol. The van der Waals surface area contributed by atoms with Crippen molar-refractivity contribution in [2.75, 3.05) is 41.8 Å². The molecule has 1 saturated heterocycles. The Morgan fingerprint density at radius 1 is 1.17 bits per heavy atom. The molecule has 3 aromatic rings. The number of alkyl halides is 3. The highest BCUT2D eigenvalue weighted by molar-refractivity contribution is 6.33. The molecule has 188 valence electrons. The van der Waals surface area contributed by atoms with Gasteiger partial charge in [0.2, 0.25) is 11.9 Å². The molecule has 0 atom stereocenters. The van der Waals surface area contributed by atoms with Crippen LogP contribution in [-0.4, -0.2) is 48.5 Å². The van der Waals surface area contributed by atoms with Gasteiger partial charge in [-0.15, -0.1) is 13.2 Å². The predicted octanol–water partition coefficient (Wildman–Crippen LogP) is 5.40. The molecule has 2 N–H and O–H groups in total. The summed E-state index contributed by atoms with van der Waals surface area (Å²) in [5, 5.41) is 5.65. The Labute approximate surface area is 209 Å². The van der Waals surface area contributed by atoms with Crippen LogP contribution < -0.4 is 20.3 Å². The Hall–Kier alpha value is -3.83. The fourth-order valence-corrected chi connectivity index (χ4v) is 3.74. The second-order valence-electron chi connectivity index (χ2n) is 7.62. The van der Waals surface area contributed by atoms with E-state index in [0.717, 1.165) is 31.0 Å². The highest BCUT2D eigenvalue weighted by Gasteiger charge is 2.33. The zero-order valence-corrected chi connectivity index (χ0v) is 19.6. The topological polar surface area (TPSA) is 88.6 Å². The van der Waals surface area contributed by atoms with E-state index in [1.807, 2.05) is 18.2 Å². The van der Waals surface area contributed by atoms with Crippen LogP contribution in [0.25, 0.3) is 11.3 Å². The van der Waals surface area contributed by atoms with E-state index in [4.69, 9.17) is 16.3 Å². The minimum absolute atomic E-state index is 0.0234. The fraction of sp³-hybridized carbons (Fsp3) is 0.208. The SMILES string of the molecule is C=CC(=O)Nc1ccc(Cl)c(-c2nc(Nc3cccc(N4CCOCC4)c3)ncc2OC(F)(F)F)c1. The molecule has 0 unspecified atom stereocenters. The molecule has 12 heteroatoms. The van der Waals surface area contributed by atoms with E-state index >= 15 is 0 Å². The van der Waals surface area contributed by atoms with Crippen LogP contribution in [0.4, 0.5) is 36.2 Å². The van der Waals surface area contributed by atoms with Gasteiger partial charge in [-0.25, -0.2) is 9.97 Å². The van der Waals surface area contributed by atoms with Gasteiger partial charge in [0.1, 0.15) is 5.69 Å². The maximum Gasteiger partial charge on any atom is 0.573 e. The lowest BCUT2D eigenvalue weighted by Gasteiger charge is -2.29. The van der Waals surface area contributed by atoms with Gasteiger partial charge in [0.25, 0.3) is 0 Å². The molecule has 2 heterocycles. The summed E-state index contributed by atoms with van der Waals surface area (Å²) in [5.41, 5.74) is 1.75. The molecule has 1 amide bonds. The van der Waals surface area contributed by atoms with Crippen LogP contribution in [0, 0.1) is 0 Å². The van der Waals surface area contributed by atoms with Gasteiger partial charge in [-0.3, -0.25) is 4.79 Å². The first-order valence-corrected chi connectivity index (χ1v) is 11.2. The summed E-state index contributed by atoms with van der Waals surface area (Å²) in [5.74, 6) is -1.13. The van der Waals surface area contributed by atoms with Crippen molar-refractivity contribution in [2.45, 2.75) is 6.36 Å². The number of rotatable bonds is 7. The maximum absolute atomic E-state index is 13.1. The van der Waals surface area contributed by atoms with E-state index < -0.39 is 18.0 Å². The van der Waals surface area contributed by atoms with Crippen LogP contribution in [0.1, 0.15) is 0 Å². The number of morpholine rings is 1. The van der Waals surface area contributed by atoms with Crippen LogP contribution in [0.5, 0.6) is 5.75 Å².